The predicted octanol–water partition coefficient (Wildman–Crippen LogP) is -0.387. The summed E-state index contributed by atoms with van der Waals surface area (Å²) in [5.74, 6) is -1.02. The van der Waals surface area contributed by atoms with Crippen molar-refractivity contribution in [2.24, 2.45) is 0 Å². The van der Waals surface area contributed by atoms with Crippen LogP contribution >= 0.6 is 0 Å². The summed E-state index contributed by atoms with van der Waals surface area (Å²) >= 11 is 0. The Balaban J connectivity index is 2.00. The van der Waals surface area contributed by atoms with E-state index >= 15 is 0 Å². The van der Waals surface area contributed by atoms with Gasteiger partial charge in [-0.25, -0.2) is 9.59 Å². The summed E-state index contributed by atoms with van der Waals surface area (Å²) in [5.41, 5.74) is 0. The second-order valence-corrected chi connectivity index (χ2v) is 4.50. The van der Waals surface area contributed by atoms with Gasteiger partial charge in [-0.05, 0) is 6.42 Å². The average Bonchev–Trinajstić information content (AvgIpc) is 2.86. The lowest BCUT2D eigenvalue weighted by Crippen LogP contribution is -2.56. The van der Waals surface area contributed by atoms with Crippen LogP contribution in [0.1, 0.15) is 6.42 Å². The minimum atomic E-state index is -1.02. The first-order chi connectivity index (χ1) is 8.63. The Labute approximate surface area is 105 Å². The Morgan fingerprint density at radius 3 is 2.78 bits per heavy atom. The van der Waals surface area contributed by atoms with Crippen molar-refractivity contribution in [1.82, 2.24) is 9.80 Å². The zero-order valence-corrected chi connectivity index (χ0v) is 10.4. The van der Waals surface area contributed by atoms with E-state index in [1.807, 2.05) is 0 Å². The van der Waals surface area contributed by atoms with E-state index in [2.05, 4.69) is 0 Å². The summed E-state index contributed by atoms with van der Waals surface area (Å²) in [4.78, 5) is 26.4. The highest BCUT2D eigenvalue weighted by atomic mass is 16.5. The van der Waals surface area contributed by atoms with Crippen LogP contribution in [-0.2, 0) is 14.3 Å². The van der Waals surface area contributed by atoms with E-state index in [1.54, 1.807) is 12.0 Å². The monoisotopic (exact) mass is 258 g/mol. The summed E-state index contributed by atoms with van der Waals surface area (Å²) < 4.78 is 10.3. The van der Waals surface area contributed by atoms with Crippen molar-refractivity contribution in [1.29, 1.82) is 0 Å². The third-order valence-electron chi connectivity index (χ3n) is 3.41. The van der Waals surface area contributed by atoms with E-state index in [4.69, 9.17) is 14.6 Å². The standard InChI is InChI=1S/C11H18N2O5/c1-17-8-2-3-12(6-8)11(16)13-4-5-18-7-9(13)10(14)15/h8-9H,2-7H2,1H3,(H,14,15). The van der Waals surface area contributed by atoms with Crippen LogP contribution in [0.4, 0.5) is 4.79 Å². The number of carbonyl (C=O) groups is 2. The maximum atomic E-state index is 12.3. The molecule has 2 aliphatic rings. The van der Waals surface area contributed by atoms with Gasteiger partial charge < -0.3 is 24.4 Å². The summed E-state index contributed by atoms with van der Waals surface area (Å²) in [6, 6.07) is -1.11. The second kappa shape index (κ2) is 5.53. The number of urea groups is 1. The molecule has 0 aliphatic carbocycles. The van der Waals surface area contributed by atoms with Crippen molar-refractivity contribution >= 4 is 12.0 Å². The number of likely N-dealkylation sites (tertiary alicyclic amines) is 1. The largest absolute Gasteiger partial charge is 0.480 e. The Hall–Kier alpha value is -1.34. The lowest BCUT2D eigenvalue weighted by Gasteiger charge is -2.35. The molecule has 2 heterocycles. The molecule has 7 heteroatoms. The average molecular weight is 258 g/mol. The molecule has 0 aromatic rings. The van der Waals surface area contributed by atoms with E-state index in [9.17, 15) is 9.59 Å². The molecular formula is C11H18N2O5. The number of amides is 2. The molecule has 0 bridgehead atoms. The fraction of sp³-hybridized carbons (Fsp3) is 0.818. The van der Waals surface area contributed by atoms with E-state index in [1.165, 1.54) is 4.90 Å². The smallest absolute Gasteiger partial charge is 0.328 e. The van der Waals surface area contributed by atoms with Crippen LogP contribution in [0.2, 0.25) is 0 Å². The molecule has 2 aliphatic heterocycles. The number of nitrogens with zero attached hydrogens (tertiary/aromatic N) is 2. The van der Waals surface area contributed by atoms with Gasteiger partial charge in [0.1, 0.15) is 0 Å². The van der Waals surface area contributed by atoms with Gasteiger partial charge in [0, 0.05) is 26.7 Å². The van der Waals surface area contributed by atoms with Gasteiger partial charge in [0.15, 0.2) is 6.04 Å². The maximum Gasteiger partial charge on any atom is 0.328 e. The molecule has 102 valence electrons. The highest BCUT2D eigenvalue weighted by Crippen LogP contribution is 2.17. The topological polar surface area (TPSA) is 79.3 Å². The number of carboxylic acids is 1. The lowest BCUT2D eigenvalue weighted by molar-refractivity contribution is -0.147. The van der Waals surface area contributed by atoms with Gasteiger partial charge in [-0.2, -0.15) is 0 Å². The molecule has 0 saturated carbocycles. The molecule has 2 saturated heterocycles. The lowest BCUT2D eigenvalue weighted by atomic mass is 10.2. The molecule has 0 aromatic carbocycles. The van der Waals surface area contributed by atoms with Crippen molar-refractivity contribution in [2.75, 3.05) is 40.0 Å². The third-order valence-corrected chi connectivity index (χ3v) is 3.41. The number of hydrogen-bond donors (Lipinski definition) is 1. The Morgan fingerprint density at radius 2 is 2.17 bits per heavy atom. The summed E-state index contributed by atoms with van der Waals surface area (Å²) in [7, 11) is 1.62. The molecule has 2 fully saturated rings. The number of rotatable bonds is 2. The number of carbonyl (C=O) groups excluding carboxylic acids is 1. The molecule has 2 rings (SSSR count). The van der Waals surface area contributed by atoms with Gasteiger partial charge in [-0.15, -0.1) is 0 Å². The quantitative estimate of drug-likeness (QED) is 0.730. The van der Waals surface area contributed by atoms with Crippen molar-refractivity contribution in [3.8, 4) is 0 Å². The summed E-state index contributed by atoms with van der Waals surface area (Å²) in [6.07, 6.45) is 0.850. The number of ether oxygens (including phenoxy) is 2. The van der Waals surface area contributed by atoms with Gasteiger partial charge in [-0.3, -0.25) is 0 Å². The van der Waals surface area contributed by atoms with Crippen LogP contribution in [0.15, 0.2) is 0 Å². The van der Waals surface area contributed by atoms with Crippen LogP contribution in [0.25, 0.3) is 0 Å². The number of carboxylic acid groups (broad SMARTS) is 1. The normalized spacial score (nSPS) is 28.5. The number of hydrogen-bond acceptors (Lipinski definition) is 4. The molecule has 7 nitrogen and oxygen atoms in total. The van der Waals surface area contributed by atoms with Crippen molar-refractivity contribution in [3.63, 3.8) is 0 Å². The highest BCUT2D eigenvalue weighted by molar-refractivity contribution is 5.83. The van der Waals surface area contributed by atoms with Crippen LogP contribution in [-0.4, -0.2) is 79.0 Å². The molecule has 2 atom stereocenters. The van der Waals surface area contributed by atoms with Crippen molar-refractivity contribution in [3.05, 3.63) is 0 Å². The predicted molar refractivity (Wildman–Crippen MR) is 61.3 cm³/mol. The Morgan fingerprint density at radius 1 is 1.39 bits per heavy atom. The fourth-order valence-corrected chi connectivity index (χ4v) is 2.31. The minimum Gasteiger partial charge on any atom is -0.480 e. The third kappa shape index (κ3) is 2.56. The zero-order valence-electron chi connectivity index (χ0n) is 10.4. The number of methoxy groups -OCH3 is 1. The van der Waals surface area contributed by atoms with E-state index < -0.39 is 12.0 Å². The van der Waals surface area contributed by atoms with Gasteiger partial charge in [0.25, 0.3) is 0 Å². The SMILES string of the molecule is COC1CCN(C(=O)N2CCOCC2C(=O)O)C1. The highest BCUT2D eigenvalue weighted by Gasteiger charge is 2.37. The van der Waals surface area contributed by atoms with Crippen molar-refractivity contribution in [2.45, 2.75) is 18.6 Å². The van der Waals surface area contributed by atoms with Gasteiger partial charge >= 0.3 is 12.0 Å². The Kier molecular flexibility index (Phi) is 4.03. The van der Waals surface area contributed by atoms with E-state index in [0.717, 1.165) is 6.42 Å². The first kappa shape index (κ1) is 13.1. The Bertz CT molecular complexity index is 335. The second-order valence-electron chi connectivity index (χ2n) is 4.50. The first-order valence-corrected chi connectivity index (χ1v) is 6.02. The van der Waals surface area contributed by atoms with Gasteiger partial charge in [0.2, 0.25) is 0 Å². The van der Waals surface area contributed by atoms with Crippen LogP contribution in [0.3, 0.4) is 0 Å². The molecule has 0 spiro atoms. The minimum absolute atomic E-state index is 0.0540. The molecule has 0 radical (unpaired) electrons. The fourth-order valence-electron chi connectivity index (χ4n) is 2.31. The van der Waals surface area contributed by atoms with Crippen LogP contribution in [0, 0.1) is 0 Å². The van der Waals surface area contributed by atoms with Crippen molar-refractivity contribution < 1.29 is 24.2 Å². The number of morpholine rings is 1. The molecule has 0 aromatic heterocycles. The van der Waals surface area contributed by atoms with Crippen LogP contribution in [0.5, 0.6) is 0 Å². The van der Waals surface area contributed by atoms with E-state index in [-0.39, 0.29) is 18.7 Å². The molecule has 18 heavy (non-hydrogen) atoms. The van der Waals surface area contributed by atoms with Gasteiger partial charge in [-0.1, -0.05) is 0 Å². The molecule has 2 amide bonds. The van der Waals surface area contributed by atoms with E-state index in [0.29, 0.717) is 26.2 Å². The maximum absolute atomic E-state index is 12.3. The number of aliphatic carboxylic acids is 1. The molecule has 2 unspecified atom stereocenters. The van der Waals surface area contributed by atoms with Crippen LogP contribution < -0.4 is 0 Å². The summed E-state index contributed by atoms with van der Waals surface area (Å²) in [6.45, 7) is 1.91. The zero-order chi connectivity index (χ0) is 13.1. The molecule has 1 N–H and O–H groups in total. The molecular weight excluding hydrogens is 240 g/mol. The first-order valence-electron chi connectivity index (χ1n) is 6.02. The van der Waals surface area contributed by atoms with Gasteiger partial charge in [0.05, 0.1) is 19.3 Å². The summed E-state index contributed by atoms with van der Waals surface area (Å²) in [5, 5.41) is 9.08.